The van der Waals surface area contributed by atoms with E-state index in [4.69, 9.17) is 5.11 Å². The number of carbonyl (C=O) groups is 1. The lowest BCUT2D eigenvalue weighted by atomic mass is 9.94. The van der Waals surface area contributed by atoms with Crippen molar-refractivity contribution in [3.05, 3.63) is 48.0 Å². The average Bonchev–Trinajstić information content (AvgIpc) is 2.37. The van der Waals surface area contributed by atoms with Crippen LogP contribution in [0.4, 0.5) is 0 Å². The summed E-state index contributed by atoms with van der Waals surface area (Å²) in [4.78, 5) is 10.8. The number of aliphatic hydroxyl groups excluding tert-OH is 1. The fourth-order valence-corrected chi connectivity index (χ4v) is 2.10. The molecule has 2 atom stereocenters. The third kappa shape index (κ3) is 2.51. The zero-order valence-electron chi connectivity index (χ0n) is 10.2. The van der Waals surface area contributed by atoms with E-state index in [1.54, 1.807) is 6.92 Å². The van der Waals surface area contributed by atoms with Gasteiger partial charge >= 0.3 is 5.97 Å². The molecule has 0 aromatic heterocycles. The highest BCUT2D eigenvalue weighted by molar-refractivity contribution is 5.86. The van der Waals surface area contributed by atoms with Crippen LogP contribution >= 0.6 is 0 Å². The van der Waals surface area contributed by atoms with Crippen molar-refractivity contribution in [3.63, 3.8) is 0 Å². The molecule has 3 nitrogen and oxygen atoms in total. The summed E-state index contributed by atoms with van der Waals surface area (Å²) in [5.41, 5.74) is 0.793. The van der Waals surface area contributed by atoms with E-state index in [2.05, 4.69) is 0 Å². The van der Waals surface area contributed by atoms with Crippen molar-refractivity contribution in [3.8, 4) is 0 Å². The number of hydrogen-bond acceptors (Lipinski definition) is 2. The van der Waals surface area contributed by atoms with Gasteiger partial charge in [-0.25, -0.2) is 0 Å². The number of carboxylic acids is 1. The standard InChI is InChI=1S/C15H16O3/c1-10(15(17)18)9-14(16)13-8-4-6-11-5-2-3-7-12(11)13/h2-8,10,14,16H,9H2,1H3,(H,17,18). The number of benzene rings is 2. The van der Waals surface area contributed by atoms with Crippen LogP contribution in [0.5, 0.6) is 0 Å². The van der Waals surface area contributed by atoms with E-state index in [1.807, 2.05) is 42.5 Å². The summed E-state index contributed by atoms with van der Waals surface area (Å²) < 4.78 is 0. The Kier molecular flexibility index (Phi) is 3.63. The van der Waals surface area contributed by atoms with Crippen LogP contribution in [0.15, 0.2) is 42.5 Å². The van der Waals surface area contributed by atoms with Gasteiger partial charge in [0.25, 0.3) is 0 Å². The monoisotopic (exact) mass is 244 g/mol. The SMILES string of the molecule is CC(CC(O)c1cccc2ccccc12)C(=O)O. The van der Waals surface area contributed by atoms with Gasteiger partial charge in [-0.1, -0.05) is 49.4 Å². The van der Waals surface area contributed by atoms with Crippen LogP contribution in [0.3, 0.4) is 0 Å². The number of aliphatic hydroxyl groups is 1. The van der Waals surface area contributed by atoms with E-state index in [0.717, 1.165) is 16.3 Å². The summed E-state index contributed by atoms with van der Waals surface area (Å²) in [5, 5.41) is 21.1. The van der Waals surface area contributed by atoms with Gasteiger partial charge in [0.2, 0.25) is 0 Å². The van der Waals surface area contributed by atoms with E-state index in [-0.39, 0.29) is 6.42 Å². The zero-order chi connectivity index (χ0) is 13.1. The number of rotatable bonds is 4. The summed E-state index contributed by atoms with van der Waals surface area (Å²) in [5.74, 6) is -1.44. The molecule has 0 bridgehead atoms. The Morgan fingerprint density at radius 2 is 1.83 bits per heavy atom. The molecule has 2 N–H and O–H groups in total. The topological polar surface area (TPSA) is 57.5 Å². The lowest BCUT2D eigenvalue weighted by molar-refractivity contribution is -0.142. The van der Waals surface area contributed by atoms with Crippen molar-refractivity contribution in [2.45, 2.75) is 19.4 Å². The van der Waals surface area contributed by atoms with Gasteiger partial charge in [-0.3, -0.25) is 4.79 Å². The molecule has 2 unspecified atom stereocenters. The predicted octanol–water partition coefficient (Wildman–Crippen LogP) is 2.98. The van der Waals surface area contributed by atoms with Gasteiger partial charge in [-0.05, 0) is 22.8 Å². The Morgan fingerprint density at radius 1 is 1.17 bits per heavy atom. The fraction of sp³-hybridized carbons (Fsp3) is 0.267. The predicted molar refractivity (Wildman–Crippen MR) is 70.3 cm³/mol. The van der Waals surface area contributed by atoms with Crippen LogP contribution in [0.2, 0.25) is 0 Å². The molecule has 2 rings (SSSR count). The molecule has 0 amide bonds. The minimum Gasteiger partial charge on any atom is -0.481 e. The third-order valence-corrected chi connectivity index (χ3v) is 3.18. The van der Waals surface area contributed by atoms with Crippen molar-refractivity contribution in [2.75, 3.05) is 0 Å². The number of aliphatic carboxylic acids is 1. The molecule has 0 saturated carbocycles. The van der Waals surface area contributed by atoms with Crippen molar-refractivity contribution in [2.24, 2.45) is 5.92 Å². The number of carboxylic acid groups (broad SMARTS) is 1. The van der Waals surface area contributed by atoms with E-state index in [9.17, 15) is 9.90 Å². The molecule has 3 heteroatoms. The van der Waals surface area contributed by atoms with Crippen molar-refractivity contribution in [1.29, 1.82) is 0 Å². The molecule has 94 valence electrons. The first kappa shape index (κ1) is 12.6. The maximum atomic E-state index is 10.8. The molecule has 0 spiro atoms. The zero-order valence-corrected chi connectivity index (χ0v) is 10.2. The second-order valence-electron chi connectivity index (χ2n) is 4.56. The number of hydrogen-bond donors (Lipinski definition) is 2. The molecule has 2 aromatic carbocycles. The molecule has 0 aliphatic heterocycles. The first-order chi connectivity index (χ1) is 8.59. The van der Waals surface area contributed by atoms with E-state index >= 15 is 0 Å². The lowest BCUT2D eigenvalue weighted by Crippen LogP contribution is -2.13. The minimum atomic E-state index is -0.880. The van der Waals surface area contributed by atoms with Gasteiger partial charge in [-0.2, -0.15) is 0 Å². The Morgan fingerprint density at radius 3 is 2.56 bits per heavy atom. The van der Waals surface area contributed by atoms with Crippen LogP contribution in [-0.2, 0) is 4.79 Å². The fourth-order valence-electron chi connectivity index (χ4n) is 2.10. The second kappa shape index (κ2) is 5.19. The van der Waals surface area contributed by atoms with Crippen molar-refractivity contribution in [1.82, 2.24) is 0 Å². The summed E-state index contributed by atoms with van der Waals surface area (Å²) in [6, 6.07) is 13.5. The molecular formula is C15H16O3. The molecule has 0 aliphatic rings. The molecule has 0 heterocycles. The normalized spacial score (nSPS) is 14.3. The van der Waals surface area contributed by atoms with Crippen LogP contribution < -0.4 is 0 Å². The van der Waals surface area contributed by atoms with Gasteiger partial charge in [-0.15, -0.1) is 0 Å². The molecule has 2 aromatic rings. The molecule has 0 saturated heterocycles. The minimum absolute atomic E-state index is 0.226. The molecule has 0 aliphatic carbocycles. The average molecular weight is 244 g/mol. The van der Waals surface area contributed by atoms with Crippen LogP contribution in [0.25, 0.3) is 10.8 Å². The Balaban J connectivity index is 2.33. The van der Waals surface area contributed by atoms with E-state index in [1.165, 1.54) is 0 Å². The van der Waals surface area contributed by atoms with Crippen molar-refractivity contribution < 1.29 is 15.0 Å². The quantitative estimate of drug-likeness (QED) is 0.869. The second-order valence-corrected chi connectivity index (χ2v) is 4.56. The summed E-state index contributed by atoms with van der Waals surface area (Å²) in [6.07, 6.45) is -0.522. The van der Waals surface area contributed by atoms with Crippen molar-refractivity contribution >= 4 is 16.7 Å². The molecule has 0 radical (unpaired) electrons. The first-order valence-corrected chi connectivity index (χ1v) is 5.98. The van der Waals surface area contributed by atoms with Gasteiger partial charge in [0.1, 0.15) is 0 Å². The highest BCUT2D eigenvalue weighted by Crippen LogP contribution is 2.28. The van der Waals surface area contributed by atoms with E-state index < -0.39 is 18.0 Å². The first-order valence-electron chi connectivity index (χ1n) is 5.98. The molecule has 0 fully saturated rings. The van der Waals surface area contributed by atoms with Gasteiger partial charge in [0, 0.05) is 0 Å². The Labute approximate surface area is 106 Å². The highest BCUT2D eigenvalue weighted by atomic mass is 16.4. The maximum Gasteiger partial charge on any atom is 0.306 e. The summed E-state index contributed by atoms with van der Waals surface area (Å²) >= 11 is 0. The summed E-state index contributed by atoms with van der Waals surface area (Å²) in [6.45, 7) is 1.61. The van der Waals surface area contributed by atoms with Gasteiger partial charge < -0.3 is 10.2 Å². The van der Waals surface area contributed by atoms with Crippen LogP contribution in [-0.4, -0.2) is 16.2 Å². The number of fused-ring (bicyclic) bond motifs is 1. The summed E-state index contributed by atoms with van der Waals surface area (Å²) in [7, 11) is 0. The van der Waals surface area contributed by atoms with Gasteiger partial charge in [0.05, 0.1) is 12.0 Å². The maximum absolute atomic E-state index is 10.8. The molecule has 18 heavy (non-hydrogen) atoms. The highest BCUT2D eigenvalue weighted by Gasteiger charge is 2.18. The Hall–Kier alpha value is -1.87. The van der Waals surface area contributed by atoms with Crippen LogP contribution in [0, 0.1) is 5.92 Å². The third-order valence-electron chi connectivity index (χ3n) is 3.18. The molecular weight excluding hydrogens is 228 g/mol. The largest absolute Gasteiger partial charge is 0.481 e. The lowest BCUT2D eigenvalue weighted by Gasteiger charge is -2.15. The smallest absolute Gasteiger partial charge is 0.306 e. The van der Waals surface area contributed by atoms with Gasteiger partial charge in [0.15, 0.2) is 0 Å². The van der Waals surface area contributed by atoms with Crippen LogP contribution in [0.1, 0.15) is 25.0 Å². The Bertz CT molecular complexity index is 557. The van der Waals surface area contributed by atoms with E-state index in [0.29, 0.717) is 0 Å².